The minimum Gasteiger partial charge on any atom is -0.482 e. The summed E-state index contributed by atoms with van der Waals surface area (Å²) < 4.78 is 5.27. The number of amides is 4. The number of carbonyl (C=O) groups excluding carboxylic acids is 3. The highest BCUT2D eigenvalue weighted by atomic mass is 16.5. The van der Waals surface area contributed by atoms with Gasteiger partial charge < -0.3 is 25.0 Å². The van der Waals surface area contributed by atoms with Crippen molar-refractivity contribution in [3.8, 4) is 5.75 Å². The van der Waals surface area contributed by atoms with E-state index in [1.165, 1.54) is 0 Å². The van der Waals surface area contributed by atoms with Gasteiger partial charge in [0.2, 0.25) is 11.8 Å². The number of benzene rings is 4. The van der Waals surface area contributed by atoms with E-state index in [1.807, 2.05) is 72.8 Å². The van der Waals surface area contributed by atoms with Gasteiger partial charge in [-0.2, -0.15) is 0 Å². The number of rotatable bonds is 9. The van der Waals surface area contributed by atoms with Crippen molar-refractivity contribution in [2.24, 2.45) is 0 Å². The maximum absolute atomic E-state index is 14.3. The third-order valence-corrected chi connectivity index (χ3v) is 8.39. The van der Waals surface area contributed by atoms with Crippen LogP contribution < -0.4 is 10.1 Å². The lowest BCUT2D eigenvalue weighted by atomic mass is 9.97. The zero-order valence-corrected chi connectivity index (χ0v) is 25.4. The Hall–Kier alpha value is -5.42. The number of hydrogen-bond donors (Lipinski definition) is 2. The van der Waals surface area contributed by atoms with Gasteiger partial charge in [-0.05, 0) is 39.6 Å². The van der Waals surface area contributed by atoms with Crippen molar-refractivity contribution in [3.63, 3.8) is 0 Å². The zero-order valence-electron chi connectivity index (χ0n) is 25.4. The van der Waals surface area contributed by atoms with E-state index in [4.69, 9.17) is 9.84 Å². The molecule has 11 nitrogen and oxygen atoms in total. The monoisotopic (exact) mass is 621 g/mol. The van der Waals surface area contributed by atoms with E-state index >= 15 is 0 Å². The highest BCUT2D eigenvalue weighted by Crippen LogP contribution is 2.30. The van der Waals surface area contributed by atoms with Gasteiger partial charge >= 0.3 is 12.0 Å². The average molecular weight is 622 g/mol. The summed E-state index contributed by atoms with van der Waals surface area (Å²) in [7, 11) is 1.70. The number of nitrogens with one attached hydrogen (secondary N) is 1. The van der Waals surface area contributed by atoms with Gasteiger partial charge in [-0.3, -0.25) is 9.59 Å². The molecule has 0 aliphatic carbocycles. The van der Waals surface area contributed by atoms with Crippen LogP contribution in [0.25, 0.3) is 10.8 Å². The number of likely N-dealkylation sites (N-methyl/N-ethyl adjacent to an activating group) is 1. The Morgan fingerprint density at radius 1 is 0.891 bits per heavy atom. The standard InChI is InChI=1S/C35H35N5O6/c1-37-22-32(41)39-30(18-24-14-16-28(17-15-24)46-23-33(42)43)34(44)38(20-27-12-7-11-26-10-5-6-13-29(26)27)21-31(39)40(37)35(45)36-19-25-8-3-2-4-9-25/h2-17,30-31H,18-23H2,1H3,(H,36,45)(H,42,43)/t30-,31-/m0/s1. The second-order valence-corrected chi connectivity index (χ2v) is 11.5. The summed E-state index contributed by atoms with van der Waals surface area (Å²) in [5.74, 6) is -1.16. The van der Waals surface area contributed by atoms with Gasteiger partial charge in [-0.25, -0.2) is 19.6 Å². The van der Waals surface area contributed by atoms with E-state index in [0.29, 0.717) is 18.8 Å². The van der Waals surface area contributed by atoms with Gasteiger partial charge in [0, 0.05) is 26.6 Å². The Morgan fingerprint density at radius 2 is 1.61 bits per heavy atom. The fourth-order valence-electron chi connectivity index (χ4n) is 6.23. The molecular weight excluding hydrogens is 586 g/mol. The number of carboxylic acids is 1. The molecule has 0 spiro atoms. The molecule has 0 unspecified atom stereocenters. The normalized spacial score (nSPS) is 18.4. The Morgan fingerprint density at radius 3 is 2.37 bits per heavy atom. The smallest absolute Gasteiger partial charge is 0.341 e. The summed E-state index contributed by atoms with van der Waals surface area (Å²) >= 11 is 0. The minimum atomic E-state index is -1.08. The molecule has 2 aliphatic heterocycles. The first-order chi connectivity index (χ1) is 22.3. The number of fused-ring (bicyclic) bond motifs is 2. The number of carboxylic acid groups (broad SMARTS) is 1. The molecule has 2 aliphatic rings. The van der Waals surface area contributed by atoms with Crippen LogP contribution in [0.2, 0.25) is 0 Å². The molecule has 6 rings (SSSR count). The van der Waals surface area contributed by atoms with Gasteiger partial charge in [-0.15, -0.1) is 0 Å². The highest BCUT2D eigenvalue weighted by molar-refractivity contribution is 5.92. The topological polar surface area (TPSA) is 123 Å². The molecule has 2 atom stereocenters. The highest BCUT2D eigenvalue weighted by Gasteiger charge is 2.50. The van der Waals surface area contributed by atoms with Crippen LogP contribution >= 0.6 is 0 Å². The number of hydrogen-bond acceptors (Lipinski definition) is 6. The van der Waals surface area contributed by atoms with Crippen LogP contribution in [0.3, 0.4) is 0 Å². The Labute approximate surface area is 266 Å². The third-order valence-electron chi connectivity index (χ3n) is 8.39. The number of ether oxygens (including phenoxy) is 1. The molecule has 4 aromatic carbocycles. The number of piperazine rings is 1. The minimum absolute atomic E-state index is 0.0652. The molecule has 11 heteroatoms. The predicted octanol–water partition coefficient (Wildman–Crippen LogP) is 3.48. The van der Waals surface area contributed by atoms with E-state index in [9.17, 15) is 19.2 Å². The maximum atomic E-state index is 14.3. The molecule has 46 heavy (non-hydrogen) atoms. The van der Waals surface area contributed by atoms with Gasteiger partial charge in [0.25, 0.3) is 0 Å². The summed E-state index contributed by atoms with van der Waals surface area (Å²) in [5, 5.41) is 17.2. The van der Waals surface area contributed by atoms with Crippen LogP contribution in [-0.4, -0.2) is 87.7 Å². The quantitative estimate of drug-likeness (QED) is 0.294. The van der Waals surface area contributed by atoms with Crippen LogP contribution in [0.15, 0.2) is 97.1 Å². The number of urea groups is 1. The summed E-state index contributed by atoms with van der Waals surface area (Å²) in [6.45, 7) is 0.215. The van der Waals surface area contributed by atoms with Crippen molar-refractivity contribution in [3.05, 3.63) is 114 Å². The van der Waals surface area contributed by atoms with Crippen LogP contribution in [0, 0.1) is 0 Å². The van der Waals surface area contributed by atoms with Crippen LogP contribution in [0.1, 0.15) is 16.7 Å². The lowest BCUT2D eigenvalue weighted by Crippen LogP contribution is -2.76. The van der Waals surface area contributed by atoms with Crippen LogP contribution in [0.4, 0.5) is 4.79 Å². The molecule has 2 heterocycles. The first-order valence-electron chi connectivity index (χ1n) is 15.1. The second-order valence-electron chi connectivity index (χ2n) is 11.5. The Bertz CT molecular complexity index is 1740. The van der Waals surface area contributed by atoms with Crippen molar-refractivity contribution in [2.75, 3.05) is 26.7 Å². The van der Waals surface area contributed by atoms with Crippen molar-refractivity contribution < 1.29 is 29.0 Å². The van der Waals surface area contributed by atoms with E-state index in [0.717, 1.165) is 27.5 Å². The fraction of sp³-hybridized carbons (Fsp3) is 0.257. The molecule has 0 aromatic heterocycles. The molecule has 2 fully saturated rings. The van der Waals surface area contributed by atoms with E-state index < -0.39 is 24.8 Å². The lowest BCUT2D eigenvalue weighted by Gasteiger charge is -2.54. The van der Waals surface area contributed by atoms with Crippen LogP contribution in [-0.2, 0) is 33.9 Å². The summed E-state index contributed by atoms with van der Waals surface area (Å²) in [4.78, 5) is 55.9. The zero-order chi connectivity index (χ0) is 32.2. The second kappa shape index (κ2) is 13.3. The van der Waals surface area contributed by atoms with Gasteiger partial charge in [0.1, 0.15) is 18.0 Å². The van der Waals surface area contributed by atoms with E-state index in [2.05, 4.69) is 5.32 Å². The van der Waals surface area contributed by atoms with Gasteiger partial charge in [0.15, 0.2) is 6.61 Å². The Balaban J connectivity index is 1.31. The predicted molar refractivity (Wildman–Crippen MR) is 170 cm³/mol. The molecule has 236 valence electrons. The first kappa shape index (κ1) is 30.6. The van der Waals surface area contributed by atoms with Crippen molar-refractivity contribution in [2.45, 2.75) is 31.7 Å². The summed E-state index contributed by atoms with van der Waals surface area (Å²) in [5.41, 5.74) is 2.67. The molecule has 4 amide bonds. The van der Waals surface area contributed by atoms with Gasteiger partial charge in [0.05, 0.1) is 13.1 Å². The number of nitrogens with zero attached hydrogens (tertiary/aromatic N) is 4. The number of hydrazine groups is 1. The van der Waals surface area contributed by atoms with Gasteiger partial charge in [-0.1, -0.05) is 84.9 Å². The Kier molecular flexibility index (Phi) is 8.84. The molecule has 2 saturated heterocycles. The largest absolute Gasteiger partial charge is 0.482 e. The summed E-state index contributed by atoms with van der Waals surface area (Å²) in [6.07, 6.45) is -0.534. The number of carbonyl (C=O) groups is 4. The van der Waals surface area contributed by atoms with Crippen molar-refractivity contribution >= 4 is 34.6 Å². The average Bonchev–Trinajstić information content (AvgIpc) is 3.05. The molecule has 2 N–H and O–H groups in total. The van der Waals surface area contributed by atoms with Crippen LogP contribution in [0.5, 0.6) is 5.75 Å². The SMILES string of the molecule is CN1CC(=O)N2[C@@H](Cc3ccc(OCC(=O)O)cc3)C(=O)N(Cc3cccc4ccccc34)C[C@@H]2N1C(=O)NCc1ccccc1. The molecule has 0 saturated carbocycles. The molecule has 4 aromatic rings. The molecule has 0 radical (unpaired) electrons. The number of aliphatic carboxylic acids is 1. The molecular formula is C35H35N5O6. The first-order valence-corrected chi connectivity index (χ1v) is 15.1. The maximum Gasteiger partial charge on any atom is 0.341 e. The van der Waals surface area contributed by atoms with Crippen molar-refractivity contribution in [1.29, 1.82) is 0 Å². The van der Waals surface area contributed by atoms with E-state index in [1.54, 1.807) is 51.1 Å². The lowest BCUT2D eigenvalue weighted by molar-refractivity contribution is -0.187. The summed E-state index contributed by atoms with van der Waals surface area (Å²) in [6, 6.07) is 29.1. The van der Waals surface area contributed by atoms with E-state index in [-0.39, 0.29) is 37.4 Å². The third kappa shape index (κ3) is 6.50. The fourth-order valence-corrected chi connectivity index (χ4v) is 6.23. The van der Waals surface area contributed by atoms with Crippen molar-refractivity contribution in [1.82, 2.24) is 25.1 Å². The molecule has 0 bridgehead atoms.